The molecule has 1 aliphatic heterocycles. The summed E-state index contributed by atoms with van der Waals surface area (Å²) in [6.07, 6.45) is 6.40. The van der Waals surface area contributed by atoms with Crippen molar-refractivity contribution in [3.63, 3.8) is 0 Å². The Morgan fingerprint density at radius 3 is 2.17 bits per heavy atom. The van der Waals surface area contributed by atoms with Crippen molar-refractivity contribution >= 4 is 46.9 Å². The van der Waals surface area contributed by atoms with Gasteiger partial charge in [0.1, 0.15) is 5.75 Å². The van der Waals surface area contributed by atoms with Gasteiger partial charge in [-0.3, -0.25) is 29.0 Å². The molecule has 1 fully saturated rings. The highest BCUT2D eigenvalue weighted by Crippen LogP contribution is 2.33. The van der Waals surface area contributed by atoms with Crippen molar-refractivity contribution in [2.45, 2.75) is 70.0 Å². The third-order valence-electron chi connectivity index (χ3n) is 9.08. The second-order valence-corrected chi connectivity index (χ2v) is 13.5. The lowest BCUT2D eigenvalue weighted by molar-refractivity contribution is -0.122. The molecule has 3 aromatic carbocycles. The highest BCUT2D eigenvalue weighted by Gasteiger charge is 2.33. The number of benzene rings is 3. The van der Waals surface area contributed by atoms with Crippen molar-refractivity contribution in [1.82, 2.24) is 15.5 Å². The molecule has 1 atom stereocenters. The summed E-state index contributed by atoms with van der Waals surface area (Å²) in [6.45, 7) is 1.81. The fraction of sp³-hybridized carbons (Fsp3) is 0.385. The SMILES string of the molecule is NC(N)=NCCCC(N)C(=O)NCCCCCCNC(=O)c1ccc(NC(=O)c2ccc(CN(C(=O)c3ccc4c(c3)OCC(=O)N4)C3CC3)cc2)cc1. The van der Waals surface area contributed by atoms with E-state index in [-0.39, 0.29) is 48.1 Å². The molecule has 1 heterocycles. The van der Waals surface area contributed by atoms with E-state index in [4.69, 9.17) is 21.9 Å². The zero-order chi connectivity index (χ0) is 38.5. The predicted molar refractivity (Wildman–Crippen MR) is 206 cm³/mol. The first-order valence-corrected chi connectivity index (χ1v) is 18.3. The molecule has 5 rings (SSSR count). The Balaban J connectivity index is 0.987. The third kappa shape index (κ3) is 11.8. The van der Waals surface area contributed by atoms with Gasteiger partial charge < -0.3 is 48.1 Å². The fourth-order valence-corrected chi connectivity index (χ4v) is 5.89. The van der Waals surface area contributed by atoms with Crippen LogP contribution in [0.25, 0.3) is 0 Å². The van der Waals surface area contributed by atoms with Gasteiger partial charge in [-0.15, -0.1) is 0 Å². The lowest BCUT2D eigenvalue weighted by atomic mass is 10.1. The van der Waals surface area contributed by atoms with E-state index in [0.717, 1.165) is 44.1 Å². The van der Waals surface area contributed by atoms with Crippen molar-refractivity contribution < 1.29 is 28.7 Å². The molecule has 3 aromatic rings. The van der Waals surface area contributed by atoms with Gasteiger partial charge in [0.25, 0.3) is 23.6 Å². The third-order valence-corrected chi connectivity index (χ3v) is 9.08. The molecule has 1 unspecified atom stereocenters. The number of hydrogen-bond donors (Lipinski definition) is 7. The van der Waals surface area contributed by atoms with E-state index in [9.17, 15) is 24.0 Å². The number of nitrogens with zero attached hydrogens (tertiary/aromatic N) is 2. The Bertz CT molecular complexity index is 1820. The zero-order valence-corrected chi connectivity index (χ0v) is 30.3. The largest absolute Gasteiger partial charge is 0.482 e. The minimum Gasteiger partial charge on any atom is -0.482 e. The van der Waals surface area contributed by atoms with Crippen LogP contribution in [0.3, 0.4) is 0 Å². The Hall–Kier alpha value is -5.96. The highest BCUT2D eigenvalue weighted by molar-refractivity contribution is 6.04. The van der Waals surface area contributed by atoms with Gasteiger partial charge in [-0.1, -0.05) is 25.0 Å². The number of aliphatic imine (C=N–C) groups is 1. The molecular weight excluding hydrogens is 690 g/mol. The van der Waals surface area contributed by atoms with Crippen LogP contribution in [-0.2, 0) is 16.1 Å². The van der Waals surface area contributed by atoms with E-state index < -0.39 is 6.04 Å². The van der Waals surface area contributed by atoms with Crippen molar-refractivity contribution in [3.05, 3.63) is 89.0 Å². The van der Waals surface area contributed by atoms with Crippen LogP contribution in [-0.4, -0.2) is 78.7 Å². The Morgan fingerprint density at radius 2 is 1.48 bits per heavy atom. The second-order valence-electron chi connectivity index (χ2n) is 13.5. The second kappa shape index (κ2) is 19.2. The lowest BCUT2D eigenvalue weighted by Gasteiger charge is -2.24. The summed E-state index contributed by atoms with van der Waals surface area (Å²) in [7, 11) is 0. The summed E-state index contributed by atoms with van der Waals surface area (Å²) >= 11 is 0. The summed E-state index contributed by atoms with van der Waals surface area (Å²) < 4.78 is 5.49. The standard InChI is InChI=1S/C39H49N9O6/c40-31(6-5-21-45-39(41)42)37(52)44-20-4-2-1-3-19-43-35(50)26-11-14-29(15-12-26)46-36(51)27-9-7-25(8-10-27)23-48(30-16-17-30)38(53)28-13-18-32-33(22-28)54-24-34(49)47-32/h7-15,18,22,30-31H,1-6,16-17,19-21,23-24,40H2,(H,43,50)(H,44,52)(H,46,51)(H,47,49)(H4,41,42,45). The van der Waals surface area contributed by atoms with Gasteiger partial charge >= 0.3 is 0 Å². The normalized spacial score (nSPS) is 13.7. The first kappa shape index (κ1) is 39.3. The number of ether oxygens (including phenoxy) is 1. The van der Waals surface area contributed by atoms with Gasteiger partial charge in [0, 0.05) is 54.6 Å². The van der Waals surface area contributed by atoms with E-state index in [1.807, 2.05) is 17.0 Å². The Labute approximate surface area is 314 Å². The van der Waals surface area contributed by atoms with Crippen LogP contribution in [0, 0.1) is 0 Å². The number of rotatable bonds is 19. The van der Waals surface area contributed by atoms with Crippen LogP contribution in [0.5, 0.6) is 5.75 Å². The van der Waals surface area contributed by atoms with Crippen LogP contribution >= 0.6 is 0 Å². The highest BCUT2D eigenvalue weighted by atomic mass is 16.5. The van der Waals surface area contributed by atoms with Crippen molar-refractivity contribution in [2.24, 2.45) is 22.2 Å². The van der Waals surface area contributed by atoms with Crippen molar-refractivity contribution in [2.75, 3.05) is 36.9 Å². The molecule has 2 aliphatic rings. The van der Waals surface area contributed by atoms with E-state index in [2.05, 4.69) is 26.3 Å². The number of nitrogens with two attached hydrogens (primary N) is 3. The average molecular weight is 740 g/mol. The number of carbonyl (C=O) groups excluding carboxylic acids is 5. The van der Waals surface area contributed by atoms with Crippen molar-refractivity contribution in [3.8, 4) is 5.75 Å². The maximum atomic E-state index is 13.5. The number of fused-ring (bicyclic) bond motifs is 1. The summed E-state index contributed by atoms with van der Waals surface area (Å²) in [5.41, 5.74) is 19.9. The fourth-order valence-electron chi connectivity index (χ4n) is 5.89. The zero-order valence-electron chi connectivity index (χ0n) is 30.3. The molecule has 0 bridgehead atoms. The molecular formula is C39H49N9O6. The van der Waals surface area contributed by atoms with E-state index in [1.165, 1.54) is 0 Å². The summed E-state index contributed by atoms with van der Waals surface area (Å²) in [5.74, 6) is -0.535. The lowest BCUT2D eigenvalue weighted by Crippen LogP contribution is -2.41. The minimum absolute atomic E-state index is 0.0226. The molecule has 0 saturated heterocycles. The summed E-state index contributed by atoms with van der Waals surface area (Å²) in [6, 6.07) is 18.4. The molecule has 15 nitrogen and oxygen atoms in total. The molecule has 286 valence electrons. The molecule has 54 heavy (non-hydrogen) atoms. The topological polar surface area (TPSA) is 236 Å². The molecule has 0 spiro atoms. The molecule has 0 aromatic heterocycles. The van der Waals surface area contributed by atoms with Crippen molar-refractivity contribution in [1.29, 1.82) is 0 Å². The van der Waals surface area contributed by atoms with E-state index in [1.54, 1.807) is 54.6 Å². The number of nitrogens with one attached hydrogen (secondary N) is 4. The number of hydrogen-bond acceptors (Lipinski definition) is 8. The van der Waals surface area contributed by atoms with Gasteiger partial charge in [0.2, 0.25) is 5.91 Å². The Kier molecular flexibility index (Phi) is 14.0. The van der Waals surface area contributed by atoms with Crippen LogP contribution in [0.2, 0.25) is 0 Å². The number of anilines is 2. The molecule has 15 heteroatoms. The number of amides is 5. The van der Waals surface area contributed by atoms with E-state index >= 15 is 0 Å². The van der Waals surface area contributed by atoms with Gasteiger partial charge in [0.05, 0.1) is 11.7 Å². The monoisotopic (exact) mass is 739 g/mol. The quantitative estimate of drug-likeness (QED) is 0.0543. The van der Waals surface area contributed by atoms with E-state index in [0.29, 0.717) is 72.8 Å². The smallest absolute Gasteiger partial charge is 0.262 e. The first-order chi connectivity index (χ1) is 26.1. The molecule has 10 N–H and O–H groups in total. The molecule has 1 saturated carbocycles. The molecule has 5 amide bonds. The number of carbonyl (C=O) groups is 5. The van der Waals surface area contributed by atoms with Crippen LogP contribution in [0.15, 0.2) is 71.7 Å². The first-order valence-electron chi connectivity index (χ1n) is 18.3. The Morgan fingerprint density at radius 1 is 0.833 bits per heavy atom. The minimum atomic E-state index is -0.592. The maximum absolute atomic E-state index is 13.5. The average Bonchev–Trinajstić information content (AvgIpc) is 4.02. The van der Waals surface area contributed by atoms with Gasteiger partial charge in [0.15, 0.2) is 12.6 Å². The predicted octanol–water partition coefficient (Wildman–Crippen LogP) is 2.86. The summed E-state index contributed by atoms with van der Waals surface area (Å²) in [4.78, 5) is 68.5. The van der Waals surface area contributed by atoms with Crippen LogP contribution < -0.4 is 43.2 Å². The van der Waals surface area contributed by atoms with Gasteiger partial charge in [-0.2, -0.15) is 0 Å². The molecule has 0 radical (unpaired) electrons. The van der Waals surface area contributed by atoms with Gasteiger partial charge in [-0.05, 0) is 98.7 Å². The molecule has 1 aliphatic carbocycles. The number of unbranched alkanes of at least 4 members (excludes halogenated alkanes) is 3. The number of guanidine groups is 1. The van der Waals surface area contributed by atoms with Gasteiger partial charge in [-0.25, -0.2) is 0 Å². The summed E-state index contributed by atoms with van der Waals surface area (Å²) in [5, 5.41) is 11.4. The van der Waals surface area contributed by atoms with Crippen LogP contribution in [0.4, 0.5) is 11.4 Å². The van der Waals surface area contributed by atoms with Crippen LogP contribution in [0.1, 0.15) is 88.0 Å². The maximum Gasteiger partial charge on any atom is 0.262 e.